The normalized spacial score (nSPS) is 16.0. The first kappa shape index (κ1) is 14.4. The number of fused-ring (bicyclic) bond motifs is 1. The zero-order chi connectivity index (χ0) is 15.6. The maximum absolute atomic E-state index is 13.5. The van der Waals surface area contributed by atoms with Crippen molar-refractivity contribution in [1.82, 2.24) is 14.9 Å². The van der Waals surface area contributed by atoms with E-state index in [1.807, 2.05) is 18.3 Å². The molecule has 3 nitrogen and oxygen atoms in total. The van der Waals surface area contributed by atoms with E-state index in [2.05, 4.69) is 27.0 Å². The molecule has 4 heteroatoms. The van der Waals surface area contributed by atoms with Crippen LogP contribution in [0.4, 0.5) is 4.39 Å². The molecule has 4 rings (SSSR count). The van der Waals surface area contributed by atoms with E-state index in [1.54, 1.807) is 12.1 Å². The van der Waals surface area contributed by atoms with Crippen LogP contribution in [0.3, 0.4) is 0 Å². The van der Waals surface area contributed by atoms with Gasteiger partial charge in [0, 0.05) is 29.7 Å². The van der Waals surface area contributed by atoms with E-state index in [0.717, 1.165) is 42.5 Å². The predicted octanol–water partition coefficient (Wildman–Crippen LogP) is 3.69. The summed E-state index contributed by atoms with van der Waals surface area (Å²) in [4.78, 5) is 4.57. The molecule has 1 saturated heterocycles. The Labute approximate surface area is 135 Å². The lowest BCUT2D eigenvalue weighted by molar-refractivity contribution is 0.443. The van der Waals surface area contributed by atoms with Gasteiger partial charge in [-0.25, -0.2) is 9.37 Å². The lowest BCUT2D eigenvalue weighted by Crippen LogP contribution is -2.27. The van der Waals surface area contributed by atoms with Gasteiger partial charge in [-0.2, -0.15) is 0 Å². The highest BCUT2D eigenvalue weighted by Gasteiger charge is 2.21. The molecule has 0 radical (unpaired) electrons. The Balaban J connectivity index is 1.79. The van der Waals surface area contributed by atoms with Crippen molar-refractivity contribution in [2.75, 3.05) is 13.1 Å². The first-order valence-electron chi connectivity index (χ1n) is 8.20. The Bertz CT molecular complexity index is 818. The summed E-state index contributed by atoms with van der Waals surface area (Å²) in [5.74, 6) is 0.356. The fourth-order valence-corrected chi connectivity index (χ4v) is 3.55. The predicted molar refractivity (Wildman–Crippen MR) is 90.1 cm³/mol. The van der Waals surface area contributed by atoms with Crippen molar-refractivity contribution >= 4 is 11.0 Å². The summed E-state index contributed by atoms with van der Waals surface area (Å²) < 4.78 is 15.8. The van der Waals surface area contributed by atoms with E-state index in [1.165, 1.54) is 11.8 Å². The lowest BCUT2D eigenvalue weighted by atomic mass is 9.94. The summed E-state index contributed by atoms with van der Waals surface area (Å²) in [6.45, 7) is 2.77. The summed E-state index contributed by atoms with van der Waals surface area (Å²) in [5.41, 5.74) is 3.29. The van der Waals surface area contributed by atoms with Gasteiger partial charge in [0.25, 0.3) is 0 Å². The van der Waals surface area contributed by atoms with Crippen molar-refractivity contribution < 1.29 is 4.39 Å². The molecule has 0 spiro atoms. The van der Waals surface area contributed by atoms with Crippen molar-refractivity contribution in [3.05, 3.63) is 65.7 Å². The standard InChI is InChI=1S/C19H20FN3/c20-17-5-1-3-14(11-17)13-23-18(15-6-9-21-10-7-15)12-16-4-2-8-22-19(16)23/h1-5,8,11-12,15,21H,6-7,9-10,13H2. The van der Waals surface area contributed by atoms with E-state index in [-0.39, 0.29) is 5.82 Å². The maximum Gasteiger partial charge on any atom is 0.140 e. The maximum atomic E-state index is 13.5. The molecule has 1 N–H and O–H groups in total. The zero-order valence-corrected chi connectivity index (χ0v) is 13.0. The molecule has 0 saturated carbocycles. The van der Waals surface area contributed by atoms with E-state index >= 15 is 0 Å². The van der Waals surface area contributed by atoms with Crippen LogP contribution in [0.1, 0.15) is 30.0 Å². The number of hydrogen-bond donors (Lipinski definition) is 1. The number of piperidine rings is 1. The molecule has 1 fully saturated rings. The van der Waals surface area contributed by atoms with Gasteiger partial charge >= 0.3 is 0 Å². The molecule has 0 unspecified atom stereocenters. The number of rotatable bonds is 3. The van der Waals surface area contributed by atoms with Crippen LogP contribution >= 0.6 is 0 Å². The minimum atomic E-state index is -0.185. The minimum Gasteiger partial charge on any atom is -0.325 e. The first-order valence-corrected chi connectivity index (χ1v) is 8.20. The van der Waals surface area contributed by atoms with Crippen molar-refractivity contribution in [3.63, 3.8) is 0 Å². The van der Waals surface area contributed by atoms with Gasteiger partial charge in [0.2, 0.25) is 0 Å². The molecular formula is C19H20FN3. The van der Waals surface area contributed by atoms with Crippen LogP contribution in [0.15, 0.2) is 48.7 Å². The highest BCUT2D eigenvalue weighted by molar-refractivity contribution is 5.77. The van der Waals surface area contributed by atoms with Crippen LogP contribution < -0.4 is 5.32 Å². The van der Waals surface area contributed by atoms with E-state index < -0.39 is 0 Å². The third kappa shape index (κ3) is 2.86. The summed E-state index contributed by atoms with van der Waals surface area (Å²) in [5, 5.41) is 4.58. The summed E-state index contributed by atoms with van der Waals surface area (Å²) in [7, 11) is 0. The third-order valence-corrected chi connectivity index (χ3v) is 4.67. The largest absolute Gasteiger partial charge is 0.325 e. The van der Waals surface area contributed by atoms with E-state index in [0.29, 0.717) is 12.5 Å². The van der Waals surface area contributed by atoms with Crippen molar-refractivity contribution in [2.45, 2.75) is 25.3 Å². The average Bonchev–Trinajstić information content (AvgIpc) is 2.95. The lowest BCUT2D eigenvalue weighted by Gasteiger charge is -2.24. The smallest absolute Gasteiger partial charge is 0.140 e. The van der Waals surface area contributed by atoms with Gasteiger partial charge in [-0.15, -0.1) is 0 Å². The number of halogens is 1. The van der Waals surface area contributed by atoms with Crippen LogP contribution in [0.2, 0.25) is 0 Å². The van der Waals surface area contributed by atoms with Crippen LogP contribution in [0.25, 0.3) is 11.0 Å². The Hall–Kier alpha value is -2.20. The minimum absolute atomic E-state index is 0.185. The Kier molecular flexibility index (Phi) is 3.83. The molecule has 1 aliphatic heterocycles. The van der Waals surface area contributed by atoms with Gasteiger partial charge in [0.05, 0.1) is 0 Å². The highest BCUT2D eigenvalue weighted by Crippen LogP contribution is 2.30. The van der Waals surface area contributed by atoms with Crippen LogP contribution in [-0.4, -0.2) is 22.6 Å². The molecule has 3 heterocycles. The molecule has 0 atom stereocenters. The first-order chi connectivity index (χ1) is 11.3. The molecule has 23 heavy (non-hydrogen) atoms. The van der Waals surface area contributed by atoms with Gasteiger partial charge in [-0.05, 0) is 61.8 Å². The topological polar surface area (TPSA) is 29.9 Å². The molecular weight excluding hydrogens is 289 g/mol. The van der Waals surface area contributed by atoms with Crippen LogP contribution in [0.5, 0.6) is 0 Å². The van der Waals surface area contributed by atoms with Gasteiger partial charge in [0.1, 0.15) is 11.5 Å². The highest BCUT2D eigenvalue weighted by atomic mass is 19.1. The number of aromatic nitrogens is 2. The molecule has 1 aliphatic rings. The number of nitrogens with one attached hydrogen (secondary N) is 1. The third-order valence-electron chi connectivity index (χ3n) is 4.67. The molecule has 118 valence electrons. The molecule has 0 bridgehead atoms. The zero-order valence-electron chi connectivity index (χ0n) is 13.0. The number of benzene rings is 1. The fourth-order valence-electron chi connectivity index (χ4n) is 3.55. The molecule has 0 amide bonds. The average molecular weight is 309 g/mol. The Morgan fingerprint density at radius 2 is 2.00 bits per heavy atom. The second-order valence-corrected chi connectivity index (χ2v) is 6.23. The van der Waals surface area contributed by atoms with Gasteiger partial charge in [0.15, 0.2) is 0 Å². The summed E-state index contributed by atoms with van der Waals surface area (Å²) in [6.07, 6.45) is 4.11. The monoisotopic (exact) mass is 309 g/mol. The van der Waals surface area contributed by atoms with Gasteiger partial charge < -0.3 is 9.88 Å². The van der Waals surface area contributed by atoms with Crippen molar-refractivity contribution in [2.24, 2.45) is 0 Å². The SMILES string of the molecule is Fc1cccc(Cn2c(C3CCNCC3)cc3cccnc32)c1. The van der Waals surface area contributed by atoms with Crippen LogP contribution in [-0.2, 0) is 6.54 Å². The quantitative estimate of drug-likeness (QED) is 0.799. The molecule has 1 aromatic carbocycles. The second-order valence-electron chi connectivity index (χ2n) is 6.23. The van der Waals surface area contributed by atoms with Crippen molar-refractivity contribution in [1.29, 1.82) is 0 Å². The summed E-state index contributed by atoms with van der Waals surface area (Å²) in [6, 6.07) is 13.2. The fraction of sp³-hybridized carbons (Fsp3) is 0.316. The summed E-state index contributed by atoms with van der Waals surface area (Å²) >= 11 is 0. The van der Waals surface area contributed by atoms with Gasteiger partial charge in [-0.3, -0.25) is 0 Å². The van der Waals surface area contributed by atoms with E-state index in [9.17, 15) is 4.39 Å². The van der Waals surface area contributed by atoms with Gasteiger partial charge in [-0.1, -0.05) is 12.1 Å². The molecule has 3 aromatic rings. The number of pyridine rings is 1. The molecule has 2 aromatic heterocycles. The Morgan fingerprint density at radius 3 is 2.83 bits per heavy atom. The number of hydrogen-bond acceptors (Lipinski definition) is 2. The molecule has 0 aliphatic carbocycles. The second kappa shape index (κ2) is 6.13. The van der Waals surface area contributed by atoms with Crippen LogP contribution in [0, 0.1) is 5.82 Å². The Morgan fingerprint density at radius 1 is 1.13 bits per heavy atom. The van der Waals surface area contributed by atoms with E-state index in [4.69, 9.17) is 0 Å². The van der Waals surface area contributed by atoms with Crippen molar-refractivity contribution in [3.8, 4) is 0 Å². The number of nitrogens with zero attached hydrogens (tertiary/aromatic N) is 2.